The Morgan fingerprint density at radius 2 is 2.18 bits per heavy atom. The van der Waals surface area contributed by atoms with E-state index in [-0.39, 0.29) is 11.8 Å². The van der Waals surface area contributed by atoms with E-state index >= 15 is 0 Å². The summed E-state index contributed by atoms with van der Waals surface area (Å²) >= 11 is 5.93. The molecule has 94 valence electrons. The summed E-state index contributed by atoms with van der Waals surface area (Å²) in [6.07, 6.45) is 1.63. The van der Waals surface area contributed by atoms with Gasteiger partial charge in [-0.25, -0.2) is 8.42 Å². The van der Waals surface area contributed by atoms with E-state index in [2.05, 4.69) is 5.32 Å². The van der Waals surface area contributed by atoms with Crippen LogP contribution in [-0.4, -0.2) is 26.0 Å². The summed E-state index contributed by atoms with van der Waals surface area (Å²) in [5, 5.41) is 3.95. The average Bonchev–Trinajstić information content (AvgIpc) is 2.22. The standard InChI is InChI=1S/C12H16ClNO2S/c1-9-4-5-10(13)7-12(9)14-11-3-2-6-17(15,16)8-11/h4-5,7,11,14H,2-3,6,8H2,1H3. The van der Waals surface area contributed by atoms with Crippen LogP contribution < -0.4 is 5.32 Å². The third kappa shape index (κ3) is 3.36. The molecule has 5 heteroatoms. The van der Waals surface area contributed by atoms with Crippen molar-refractivity contribution in [1.29, 1.82) is 0 Å². The van der Waals surface area contributed by atoms with Crippen molar-refractivity contribution in [3.8, 4) is 0 Å². The molecular weight excluding hydrogens is 258 g/mol. The van der Waals surface area contributed by atoms with Crippen LogP contribution in [0.3, 0.4) is 0 Å². The molecule has 1 saturated heterocycles. The Morgan fingerprint density at radius 1 is 1.41 bits per heavy atom. The lowest BCUT2D eigenvalue weighted by molar-refractivity contribution is 0.562. The van der Waals surface area contributed by atoms with Gasteiger partial charge in [0, 0.05) is 16.8 Å². The van der Waals surface area contributed by atoms with E-state index in [0.29, 0.717) is 10.8 Å². The number of nitrogens with one attached hydrogen (secondary N) is 1. The number of hydrogen-bond acceptors (Lipinski definition) is 3. The number of benzene rings is 1. The molecule has 0 bridgehead atoms. The third-order valence-electron chi connectivity index (χ3n) is 3.02. The Hall–Kier alpha value is -0.740. The second-order valence-electron chi connectivity index (χ2n) is 4.56. The second-order valence-corrected chi connectivity index (χ2v) is 7.22. The molecule has 0 spiro atoms. The number of sulfone groups is 1. The van der Waals surface area contributed by atoms with E-state index in [9.17, 15) is 8.42 Å². The number of hydrogen-bond donors (Lipinski definition) is 1. The predicted octanol–water partition coefficient (Wildman–Crippen LogP) is 2.64. The van der Waals surface area contributed by atoms with Gasteiger partial charge in [-0.2, -0.15) is 0 Å². The van der Waals surface area contributed by atoms with Gasteiger partial charge in [0.1, 0.15) is 0 Å². The molecule has 3 nitrogen and oxygen atoms in total. The van der Waals surface area contributed by atoms with Crippen molar-refractivity contribution >= 4 is 27.1 Å². The first-order valence-electron chi connectivity index (χ1n) is 5.69. The highest BCUT2D eigenvalue weighted by Crippen LogP contribution is 2.23. The summed E-state index contributed by atoms with van der Waals surface area (Å²) in [5.74, 6) is 0.540. The fourth-order valence-electron chi connectivity index (χ4n) is 2.11. The smallest absolute Gasteiger partial charge is 0.152 e. The van der Waals surface area contributed by atoms with Gasteiger partial charge in [0.25, 0.3) is 0 Å². The fourth-order valence-corrected chi connectivity index (χ4v) is 3.91. The monoisotopic (exact) mass is 273 g/mol. The molecule has 0 aromatic heterocycles. The van der Waals surface area contributed by atoms with E-state index in [4.69, 9.17) is 11.6 Å². The van der Waals surface area contributed by atoms with Gasteiger partial charge in [-0.15, -0.1) is 0 Å². The highest BCUT2D eigenvalue weighted by molar-refractivity contribution is 7.91. The quantitative estimate of drug-likeness (QED) is 0.901. The van der Waals surface area contributed by atoms with Gasteiger partial charge in [-0.1, -0.05) is 17.7 Å². The second kappa shape index (κ2) is 4.86. The van der Waals surface area contributed by atoms with Crippen molar-refractivity contribution < 1.29 is 8.42 Å². The van der Waals surface area contributed by atoms with Crippen LogP contribution in [0.25, 0.3) is 0 Å². The summed E-state index contributed by atoms with van der Waals surface area (Å²) < 4.78 is 23.1. The summed E-state index contributed by atoms with van der Waals surface area (Å²) in [6.45, 7) is 1.98. The van der Waals surface area contributed by atoms with Crippen LogP contribution in [0, 0.1) is 6.92 Å². The lowest BCUT2D eigenvalue weighted by atomic mass is 10.1. The van der Waals surface area contributed by atoms with Crippen molar-refractivity contribution in [2.45, 2.75) is 25.8 Å². The van der Waals surface area contributed by atoms with Gasteiger partial charge in [-0.05, 0) is 37.5 Å². The minimum Gasteiger partial charge on any atom is -0.381 e. The topological polar surface area (TPSA) is 46.2 Å². The van der Waals surface area contributed by atoms with Crippen LogP contribution in [0.15, 0.2) is 18.2 Å². The number of anilines is 1. The first kappa shape index (κ1) is 12.7. The van der Waals surface area contributed by atoms with Crippen LogP contribution in [0.1, 0.15) is 18.4 Å². The van der Waals surface area contributed by atoms with Crippen molar-refractivity contribution in [3.63, 3.8) is 0 Å². The van der Waals surface area contributed by atoms with E-state index in [1.54, 1.807) is 0 Å². The number of halogens is 1. The van der Waals surface area contributed by atoms with Crippen LogP contribution in [-0.2, 0) is 9.84 Å². The lowest BCUT2D eigenvalue weighted by Crippen LogP contribution is -2.34. The fraction of sp³-hybridized carbons (Fsp3) is 0.500. The first-order valence-corrected chi connectivity index (χ1v) is 7.89. The molecule has 1 fully saturated rings. The molecule has 0 radical (unpaired) electrons. The summed E-state index contributed by atoms with van der Waals surface area (Å²) in [6, 6.07) is 5.62. The molecule has 0 amide bonds. The molecule has 1 atom stereocenters. The Bertz CT molecular complexity index is 513. The summed E-state index contributed by atoms with van der Waals surface area (Å²) in [5.41, 5.74) is 2.01. The Kier molecular flexibility index (Phi) is 3.64. The molecule has 0 aliphatic carbocycles. The van der Waals surface area contributed by atoms with Crippen LogP contribution in [0.5, 0.6) is 0 Å². The van der Waals surface area contributed by atoms with Crippen molar-refractivity contribution in [1.82, 2.24) is 0 Å². The summed E-state index contributed by atoms with van der Waals surface area (Å²) in [4.78, 5) is 0. The van der Waals surface area contributed by atoms with Crippen LogP contribution in [0.4, 0.5) is 5.69 Å². The van der Waals surface area contributed by atoms with E-state index in [1.807, 2.05) is 25.1 Å². The maximum atomic E-state index is 11.5. The van der Waals surface area contributed by atoms with Gasteiger partial charge in [0.05, 0.1) is 11.5 Å². The minimum absolute atomic E-state index is 0.00548. The SMILES string of the molecule is Cc1ccc(Cl)cc1NC1CCCS(=O)(=O)C1. The molecule has 17 heavy (non-hydrogen) atoms. The molecule has 1 aliphatic rings. The van der Waals surface area contributed by atoms with Gasteiger partial charge in [0.15, 0.2) is 9.84 Å². The number of rotatable bonds is 2. The van der Waals surface area contributed by atoms with Crippen molar-refractivity contribution in [3.05, 3.63) is 28.8 Å². The maximum Gasteiger partial charge on any atom is 0.152 e. The van der Waals surface area contributed by atoms with Gasteiger partial charge in [0.2, 0.25) is 0 Å². The molecule has 2 rings (SSSR count). The van der Waals surface area contributed by atoms with E-state index in [0.717, 1.165) is 24.1 Å². The van der Waals surface area contributed by atoms with Gasteiger partial charge < -0.3 is 5.32 Å². The Morgan fingerprint density at radius 3 is 2.88 bits per heavy atom. The minimum atomic E-state index is -2.87. The van der Waals surface area contributed by atoms with Gasteiger partial charge in [-0.3, -0.25) is 0 Å². The Balaban J connectivity index is 2.13. The molecule has 1 N–H and O–H groups in total. The largest absolute Gasteiger partial charge is 0.381 e. The molecule has 1 aliphatic heterocycles. The van der Waals surface area contributed by atoms with E-state index < -0.39 is 9.84 Å². The first-order chi connectivity index (χ1) is 7.96. The average molecular weight is 274 g/mol. The molecular formula is C12H16ClNO2S. The van der Waals surface area contributed by atoms with Crippen LogP contribution >= 0.6 is 11.6 Å². The molecule has 1 aromatic carbocycles. The molecule has 1 unspecified atom stereocenters. The van der Waals surface area contributed by atoms with Crippen molar-refractivity contribution in [2.75, 3.05) is 16.8 Å². The highest BCUT2D eigenvalue weighted by Gasteiger charge is 2.24. The highest BCUT2D eigenvalue weighted by atomic mass is 35.5. The normalized spacial score (nSPS) is 23.3. The third-order valence-corrected chi connectivity index (χ3v) is 5.08. The molecule has 0 saturated carbocycles. The van der Waals surface area contributed by atoms with E-state index in [1.165, 1.54) is 0 Å². The molecule has 1 heterocycles. The zero-order valence-electron chi connectivity index (χ0n) is 9.74. The van der Waals surface area contributed by atoms with Gasteiger partial charge >= 0.3 is 0 Å². The van der Waals surface area contributed by atoms with Crippen molar-refractivity contribution in [2.24, 2.45) is 0 Å². The zero-order chi connectivity index (χ0) is 12.5. The lowest BCUT2D eigenvalue weighted by Gasteiger charge is -2.24. The number of aryl methyl sites for hydroxylation is 1. The maximum absolute atomic E-state index is 11.5. The summed E-state index contributed by atoms with van der Waals surface area (Å²) in [7, 11) is -2.87. The van der Waals surface area contributed by atoms with Crippen LogP contribution in [0.2, 0.25) is 5.02 Å². The molecule has 1 aromatic rings. The Labute approximate surface area is 107 Å². The zero-order valence-corrected chi connectivity index (χ0v) is 11.3. The predicted molar refractivity (Wildman–Crippen MR) is 71.5 cm³/mol.